The lowest BCUT2D eigenvalue weighted by atomic mass is 9.51. The minimum atomic E-state index is -0.525. The van der Waals surface area contributed by atoms with Gasteiger partial charge in [-0.25, -0.2) is 0 Å². The second-order valence-corrected chi connectivity index (χ2v) is 18.4. The highest BCUT2D eigenvalue weighted by atomic mass is 31.1. The van der Waals surface area contributed by atoms with Crippen LogP contribution in [-0.2, 0) is 18.3 Å². The predicted molar refractivity (Wildman–Crippen MR) is 205 cm³/mol. The predicted octanol–water partition coefficient (Wildman–Crippen LogP) is 9.48. The Kier molecular flexibility index (Phi) is 8.67. The second kappa shape index (κ2) is 13.4. The Morgan fingerprint density at radius 2 is 0.957 bits per heavy atom. The van der Waals surface area contributed by atoms with E-state index in [0.717, 1.165) is 12.8 Å². The largest absolute Gasteiger partial charge is 0.0622 e. The molecule has 47 heavy (non-hydrogen) atoms. The van der Waals surface area contributed by atoms with E-state index < -0.39 is 15.8 Å². The van der Waals surface area contributed by atoms with E-state index >= 15 is 0 Å². The molecule has 6 aromatic carbocycles. The molecule has 0 N–H and O–H groups in total. The van der Waals surface area contributed by atoms with Crippen LogP contribution >= 0.6 is 15.8 Å². The van der Waals surface area contributed by atoms with Gasteiger partial charge in [0, 0.05) is 5.41 Å². The first kappa shape index (κ1) is 30.5. The molecule has 0 heterocycles. The third kappa shape index (κ3) is 5.82. The summed E-state index contributed by atoms with van der Waals surface area (Å²) in [6.45, 7) is 2.56. The quantitative estimate of drug-likeness (QED) is 0.130. The van der Waals surface area contributed by atoms with E-state index in [1.807, 2.05) is 0 Å². The highest BCUT2D eigenvalue weighted by molar-refractivity contribution is 7.73. The molecule has 3 unspecified atom stereocenters. The van der Waals surface area contributed by atoms with Gasteiger partial charge < -0.3 is 0 Å². The lowest BCUT2D eigenvalue weighted by Gasteiger charge is -2.54. The Morgan fingerprint density at radius 1 is 0.532 bits per heavy atom. The number of rotatable bonds is 10. The molecule has 0 saturated heterocycles. The van der Waals surface area contributed by atoms with Crippen molar-refractivity contribution in [2.24, 2.45) is 5.92 Å². The van der Waals surface area contributed by atoms with Crippen molar-refractivity contribution < 1.29 is 0 Å². The van der Waals surface area contributed by atoms with Crippen LogP contribution in [0.3, 0.4) is 0 Å². The zero-order valence-electron chi connectivity index (χ0n) is 27.1. The third-order valence-electron chi connectivity index (χ3n) is 10.7. The van der Waals surface area contributed by atoms with Crippen molar-refractivity contribution in [3.05, 3.63) is 192 Å². The first-order valence-corrected chi connectivity index (χ1v) is 20.1. The fourth-order valence-electron chi connectivity index (χ4n) is 8.87. The van der Waals surface area contributed by atoms with Crippen LogP contribution in [0.25, 0.3) is 0 Å². The van der Waals surface area contributed by atoms with Crippen molar-refractivity contribution in [1.82, 2.24) is 0 Å². The summed E-state index contributed by atoms with van der Waals surface area (Å²) in [5.74, 6) is 1.09. The Balaban J connectivity index is 1.24. The van der Waals surface area contributed by atoms with Crippen LogP contribution in [0.5, 0.6) is 0 Å². The summed E-state index contributed by atoms with van der Waals surface area (Å²) >= 11 is 0. The van der Waals surface area contributed by atoms with Gasteiger partial charge in [-0.2, -0.15) is 0 Å². The molecule has 0 radical (unpaired) electrons. The van der Waals surface area contributed by atoms with Crippen LogP contribution < -0.4 is 21.2 Å². The van der Waals surface area contributed by atoms with E-state index in [1.54, 1.807) is 22.3 Å². The minimum Gasteiger partial charge on any atom is -0.0622 e. The molecule has 0 fully saturated rings. The normalized spacial score (nSPS) is 17.2. The molecule has 1 spiro atoms. The van der Waals surface area contributed by atoms with Crippen LogP contribution in [0.1, 0.15) is 41.5 Å². The van der Waals surface area contributed by atoms with Gasteiger partial charge in [-0.05, 0) is 102 Å². The fraction of sp³-hybridized carbons (Fsp3) is 0.200. The first-order chi connectivity index (χ1) is 23.2. The van der Waals surface area contributed by atoms with Crippen LogP contribution in [0.4, 0.5) is 0 Å². The fourth-order valence-corrected chi connectivity index (χ4v) is 14.3. The average molecular weight is 645 g/mol. The van der Waals surface area contributed by atoms with E-state index in [2.05, 4.69) is 177 Å². The van der Waals surface area contributed by atoms with Crippen LogP contribution in [0, 0.1) is 5.92 Å². The Morgan fingerprint density at radius 3 is 1.47 bits per heavy atom. The van der Waals surface area contributed by atoms with Gasteiger partial charge in [-0.1, -0.05) is 177 Å². The van der Waals surface area contributed by atoms with E-state index in [-0.39, 0.29) is 5.41 Å². The van der Waals surface area contributed by atoms with Crippen molar-refractivity contribution in [3.63, 3.8) is 0 Å². The highest BCUT2D eigenvalue weighted by Gasteiger charge is 2.56. The summed E-state index contributed by atoms with van der Waals surface area (Å²) in [5.41, 5.74) is 7.05. The number of hydrogen-bond donors (Lipinski definition) is 0. The molecule has 0 aliphatic heterocycles. The standard InChI is InChI=1S/C45H42P2/c1-34(47(40-24-10-4-11-25-40)41-26-12-5-13-27-41)30-37(33-46(38-20-6-2-7-21-38)39-22-8-3-9-23-39)44-42-28-16-17-29-43(42)45(44)31-35-18-14-15-19-36(35)32-45/h2-29,34,37,44H,30-33H2,1H3. The zero-order chi connectivity index (χ0) is 31.6. The van der Waals surface area contributed by atoms with E-state index in [9.17, 15) is 0 Å². The summed E-state index contributed by atoms with van der Waals surface area (Å²) in [4.78, 5) is 0. The van der Waals surface area contributed by atoms with Gasteiger partial charge >= 0.3 is 0 Å². The lowest BCUT2D eigenvalue weighted by Crippen LogP contribution is -2.49. The van der Waals surface area contributed by atoms with Gasteiger partial charge in [-0.15, -0.1) is 0 Å². The maximum atomic E-state index is 2.56. The Bertz CT molecular complexity index is 1820. The van der Waals surface area contributed by atoms with Crippen molar-refractivity contribution in [2.75, 3.05) is 6.16 Å². The molecule has 0 bridgehead atoms. The zero-order valence-corrected chi connectivity index (χ0v) is 28.9. The van der Waals surface area contributed by atoms with Gasteiger partial charge in [0.25, 0.3) is 0 Å². The Labute approximate surface area is 283 Å². The first-order valence-electron chi connectivity index (χ1n) is 17.1. The molecule has 232 valence electrons. The number of hydrogen-bond acceptors (Lipinski definition) is 0. The SMILES string of the molecule is CC(CC(CP(c1ccccc1)c1ccccc1)C1c2ccccc2C12Cc1ccccc1C2)P(c1ccccc1)c1ccccc1. The van der Waals surface area contributed by atoms with Gasteiger partial charge in [-0.3, -0.25) is 0 Å². The molecule has 6 aromatic rings. The molecule has 8 rings (SSSR count). The maximum absolute atomic E-state index is 2.56. The van der Waals surface area contributed by atoms with Gasteiger partial charge in [0.05, 0.1) is 0 Å². The van der Waals surface area contributed by atoms with E-state index in [1.165, 1.54) is 33.8 Å². The topological polar surface area (TPSA) is 0 Å². The summed E-state index contributed by atoms with van der Waals surface area (Å²) in [6.07, 6.45) is 4.75. The molecule has 0 saturated carbocycles. The smallest absolute Gasteiger partial charge is 0.0108 e. The number of fused-ring (bicyclic) bond motifs is 3. The van der Waals surface area contributed by atoms with Gasteiger partial charge in [0.2, 0.25) is 0 Å². The summed E-state index contributed by atoms with van der Waals surface area (Å²) in [7, 11) is -1.04. The second-order valence-electron chi connectivity index (χ2n) is 13.5. The average Bonchev–Trinajstić information content (AvgIpc) is 3.55. The summed E-state index contributed by atoms with van der Waals surface area (Å²) < 4.78 is 0. The van der Waals surface area contributed by atoms with E-state index in [0.29, 0.717) is 17.5 Å². The molecule has 2 aliphatic carbocycles. The summed E-state index contributed by atoms with van der Waals surface area (Å²) in [6, 6.07) is 64.3. The molecular weight excluding hydrogens is 602 g/mol. The van der Waals surface area contributed by atoms with Crippen molar-refractivity contribution in [2.45, 2.75) is 43.2 Å². The minimum absolute atomic E-state index is 0.182. The summed E-state index contributed by atoms with van der Waals surface area (Å²) in [5, 5.41) is 5.97. The van der Waals surface area contributed by atoms with E-state index in [4.69, 9.17) is 0 Å². The number of benzene rings is 6. The lowest BCUT2D eigenvalue weighted by molar-refractivity contribution is 0.223. The third-order valence-corrected chi connectivity index (χ3v) is 16.2. The van der Waals surface area contributed by atoms with Crippen molar-refractivity contribution in [1.29, 1.82) is 0 Å². The molecule has 0 nitrogen and oxygen atoms in total. The molecule has 2 aliphatic rings. The van der Waals surface area contributed by atoms with Crippen LogP contribution in [0.15, 0.2) is 170 Å². The highest BCUT2D eigenvalue weighted by Crippen LogP contribution is 2.63. The Hall–Kier alpha value is -3.82. The van der Waals surface area contributed by atoms with Gasteiger partial charge in [0.15, 0.2) is 0 Å². The van der Waals surface area contributed by atoms with Crippen LogP contribution in [0.2, 0.25) is 0 Å². The molecular formula is C45H42P2. The van der Waals surface area contributed by atoms with Crippen molar-refractivity contribution >= 4 is 37.1 Å². The van der Waals surface area contributed by atoms with Gasteiger partial charge in [0.1, 0.15) is 0 Å². The van der Waals surface area contributed by atoms with Crippen molar-refractivity contribution in [3.8, 4) is 0 Å². The van der Waals surface area contributed by atoms with Crippen LogP contribution in [-0.4, -0.2) is 11.8 Å². The molecule has 0 amide bonds. The molecule has 2 heteroatoms. The maximum Gasteiger partial charge on any atom is 0.0108 e. The molecule has 0 aromatic heterocycles. The molecule has 3 atom stereocenters. The monoisotopic (exact) mass is 644 g/mol.